The molecule has 0 atom stereocenters. The van der Waals surface area contributed by atoms with Crippen LogP contribution < -0.4 is 4.81 Å². The van der Waals surface area contributed by atoms with Gasteiger partial charge in [-0.05, 0) is 56.7 Å². The third-order valence-electron chi connectivity index (χ3n) is 6.33. The van der Waals surface area contributed by atoms with E-state index in [1.165, 1.54) is 22.3 Å². The molecule has 0 radical (unpaired) electrons. The minimum Gasteiger partial charge on any atom is -0.444 e. The number of ether oxygens (including phenoxy) is 1. The number of benzene rings is 2. The highest BCUT2D eigenvalue weighted by molar-refractivity contribution is 6.71. The first-order valence-electron chi connectivity index (χ1n) is 11.4. The van der Waals surface area contributed by atoms with Gasteiger partial charge in [-0.15, -0.1) is 0 Å². The largest absolute Gasteiger partial charge is 0.444 e. The third kappa shape index (κ3) is 4.98. The van der Waals surface area contributed by atoms with Crippen LogP contribution in [-0.4, -0.2) is 36.5 Å². The molecule has 0 aromatic heterocycles. The van der Waals surface area contributed by atoms with Crippen LogP contribution in [0.1, 0.15) is 44.7 Å². The molecule has 1 saturated heterocycles. The summed E-state index contributed by atoms with van der Waals surface area (Å²) in [6, 6.07) is 19.4. The van der Waals surface area contributed by atoms with Crippen LogP contribution in [0, 0.1) is 5.92 Å². The quantitative estimate of drug-likeness (QED) is 0.585. The molecule has 1 amide bonds. The zero-order valence-electron chi connectivity index (χ0n) is 19.2. The molecule has 0 saturated carbocycles. The highest BCUT2D eigenvalue weighted by Crippen LogP contribution is 2.38. The number of amides is 1. The first kappa shape index (κ1) is 21.5. The van der Waals surface area contributed by atoms with E-state index in [0.717, 1.165) is 32.5 Å². The molecule has 4 nitrogen and oxygen atoms in total. The predicted octanol–water partition coefficient (Wildman–Crippen LogP) is 5.90. The normalized spacial score (nSPS) is 17.3. The van der Waals surface area contributed by atoms with Crippen LogP contribution in [0.3, 0.4) is 0 Å². The molecule has 162 valence electrons. The van der Waals surface area contributed by atoms with Crippen molar-refractivity contribution in [2.24, 2.45) is 5.92 Å². The summed E-state index contributed by atoms with van der Waals surface area (Å²) in [6.07, 6.45) is 4.18. The second-order valence-electron chi connectivity index (χ2n) is 9.73. The molecular formula is C26H33BN2O2. The topological polar surface area (TPSA) is 32.8 Å². The summed E-state index contributed by atoms with van der Waals surface area (Å²) in [7, 11) is 0. The van der Waals surface area contributed by atoms with E-state index < -0.39 is 5.60 Å². The number of carbonyl (C=O) groups is 1. The number of rotatable bonds is 3. The molecule has 0 N–H and O–H groups in total. The molecule has 2 aliphatic heterocycles. The Labute approximate surface area is 187 Å². The average molecular weight is 416 g/mol. The number of likely N-dealkylation sites (tertiary alicyclic amines) is 1. The average Bonchev–Trinajstić information content (AvgIpc) is 2.75. The van der Waals surface area contributed by atoms with Crippen molar-refractivity contribution in [3.8, 4) is 0 Å². The van der Waals surface area contributed by atoms with Gasteiger partial charge >= 0.3 is 6.09 Å². The lowest BCUT2D eigenvalue weighted by atomic mass is 9.49. The number of fused-ring (bicyclic) bond motifs is 1. The second-order valence-corrected chi connectivity index (χ2v) is 9.73. The zero-order valence-corrected chi connectivity index (χ0v) is 19.2. The lowest BCUT2D eigenvalue weighted by Crippen LogP contribution is -2.46. The number of nitrogens with zero attached hydrogens (tertiary/aromatic N) is 2. The first-order valence-corrected chi connectivity index (χ1v) is 11.4. The molecule has 2 aromatic rings. The number of hydrogen-bond donors (Lipinski definition) is 0. The van der Waals surface area contributed by atoms with Crippen LogP contribution in [0.4, 0.5) is 10.5 Å². The van der Waals surface area contributed by atoms with E-state index in [1.54, 1.807) is 0 Å². The van der Waals surface area contributed by atoms with Crippen molar-refractivity contribution in [1.82, 2.24) is 4.90 Å². The van der Waals surface area contributed by atoms with E-state index in [2.05, 4.69) is 72.3 Å². The van der Waals surface area contributed by atoms with E-state index >= 15 is 0 Å². The van der Waals surface area contributed by atoms with E-state index in [-0.39, 0.29) is 6.09 Å². The molecule has 0 bridgehead atoms. The Morgan fingerprint density at radius 3 is 2.35 bits per heavy atom. The Balaban J connectivity index is 1.51. The zero-order chi connectivity index (χ0) is 22.0. The maximum absolute atomic E-state index is 12.5. The fourth-order valence-corrected chi connectivity index (χ4v) is 4.74. The van der Waals surface area contributed by atoms with Crippen LogP contribution in [-0.2, 0) is 11.3 Å². The summed E-state index contributed by atoms with van der Waals surface area (Å²) in [6.45, 7) is 10.8. The standard InChI is InChI=1S/C26H33BN2O2/c1-26(2,3)31-25(30)28-16-14-21(15-17-28)23-18-22-12-8-9-13-24(22)29(27(23)4)19-20-10-6-5-7-11-20/h5-13,18,21H,14-17,19H2,1-4H3. The van der Waals surface area contributed by atoms with Crippen molar-refractivity contribution in [3.05, 3.63) is 71.2 Å². The van der Waals surface area contributed by atoms with Crippen LogP contribution in [0.2, 0.25) is 6.82 Å². The van der Waals surface area contributed by atoms with Gasteiger partial charge in [0.25, 0.3) is 6.85 Å². The van der Waals surface area contributed by atoms with Crippen molar-refractivity contribution >= 4 is 24.7 Å². The highest BCUT2D eigenvalue weighted by atomic mass is 16.6. The van der Waals surface area contributed by atoms with E-state index in [1.807, 2.05) is 25.7 Å². The van der Waals surface area contributed by atoms with Gasteiger partial charge in [0.05, 0.1) is 0 Å². The predicted molar refractivity (Wildman–Crippen MR) is 129 cm³/mol. The van der Waals surface area contributed by atoms with E-state index in [0.29, 0.717) is 12.8 Å². The van der Waals surface area contributed by atoms with Crippen molar-refractivity contribution < 1.29 is 9.53 Å². The molecule has 0 aliphatic carbocycles. The molecule has 0 unspecified atom stereocenters. The SMILES string of the molecule is CB1C(C2CCN(C(=O)OC(C)(C)C)CC2)=Cc2ccccc2N1Cc1ccccc1. The van der Waals surface area contributed by atoms with Crippen LogP contribution in [0.25, 0.3) is 6.08 Å². The fourth-order valence-electron chi connectivity index (χ4n) is 4.74. The van der Waals surface area contributed by atoms with Crippen LogP contribution in [0.5, 0.6) is 0 Å². The van der Waals surface area contributed by atoms with Crippen molar-refractivity contribution in [2.75, 3.05) is 17.9 Å². The Bertz CT molecular complexity index is 943. The molecule has 2 heterocycles. The van der Waals surface area contributed by atoms with Gasteiger partial charge in [-0.2, -0.15) is 0 Å². The van der Waals surface area contributed by atoms with Crippen molar-refractivity contribution in [2.45, 2.75) is 52.6 Å². The number of anilines is 1. The minimum atomic E-state index is -0.448. The van der Waals surface area contributed by atoms with Gasteiger partial charge in [-0.1, -0.05) is 66.9 Å². The molecule has 4 rings (SSSR count). The molecule has 5 heteroatoms. The number of allylic oxidation sites excluding steroid dienone is 1. The van der Waals surface area contributed by atoms with Gasteiger partial charge in [0.2, 0.25) is 0 Å². The van der Waals surface area contributed by atoms with Gasteiger partial charge in [-0.25, -0.2) is 4.79 Å². The van der Waals surface area contributed by atoms with Crippen molar-refractivity contribution in [3.63, 3.8) is 0 Å². The monoisotopic (exact) mass is 416 g/mol. The Hall–Kier alpha value is -2.69. The summed E-state index contributed by atoms with van der Waals surface area (Å²) >= 11 is 0. The number of carbonyl (C=O) groups excluding carboxylic acids is 1. The summed E-state index contributed by atoms with van der Waals surface area (Å²) in [5, 5.41) is 0. The molecule has 2 aromatic carbocycles. The van der Waals surface area contributed by atoms with Crippen molar-refractivity contribution in [1.29, 1.82) is 0 Å². The second kappa shape index (κ2) is 8.82. The summed E-state index contributed by atoms with van der Waals surface area (Å²) in [5.41, 5.74) is 4.95. The maximum atomic E-state index is 12.5. The van der Waals surface area contributed by atoms with Gasteiger partial charge in [0.15, 0.2) is 0 Å². The summed E-state index contributed by atoms with van der Waals surface area (Å²) < 4.78 is 5.57. The fraction of sp³-hybridized carbons (Fsp3) is 0.423. The van der Waals surface area contributed by atoms with Gasteiger partial charge in [0.1, 0.15) is 5.60 Å². The third-order valence-corrected chi connectivity index (χ3v) is 6.33. The number of hydrogen-bond acceptors (Lipinski definition) is 3. The number of piperidine rings is 1. The van der Waals surface area contributed by atoms with Gasteiger partial charge < -0.3 is 14.4 Å². The maximum Gasteiger partial charge on any atom is 0.410 e. The lowest BCUT2D eigenvalue weighted by molar-refractivity contribution is 0.0196. The summed E-state index contributed by atoms with van der Waals surface area (Å²) in [4.78, 5) is 16.9. The highest BCUT2D eigenvalue weighted by Gasteiger charge is 2.35. The van der Waals surface area contributed by atoms with E-state index in [4.69, 9.17) is 4.74 Å². The summed E-state index contributed by atoms with van der Waals surface area (Å²) in [5.74, 6) is 0.486. The Kier molecular flexibility index (Phi) is 6.13. The Morgan fingerprint density at radius 1 is 1.03 bits per heavy atom. The lowest BCUT2D eigenvalue weighted by Gasteiger charge is -2.41. The number of para-hydroxylation sites is 1. The van der Waals surface area contributed by atoms with Gasteiger partial charge in [-0.3, -0.25) is 0 Å². The first-order chi connectivity index (χ1) is 14.8. The minimum absolute atomic E-state index is 0.187. The smallest absolute Gasteiger partial charge is 0.410 e. The molecule has 2 aliphatic rings. The Morgan fingerprint density at radius 2 is 1.68 bits per heavy atom. The molecule has 31 heavy (non-hydrogen) atoms. The molecule has 0 spiro atoms. The molecular weight excluding hydrogens is 383 g/mol. The van der Waals surface area contributed by atoms with E-state index in [9.17, 15) is 4.79 Å². The van der Waals surface area contributed by atoms with Gasteiger partial charge in [0, 0.05) is 25.3 Å². The molecule has 1 fully saturated rings. The van der Waals surface area contributed by atoms with Crippen LogP contribution >= 0.6 is 0 Å². The van der Waals surface area contributed by atoms with Crippen LogP contribution in [0.15, 0.2) is 60.1 Å².